The van der Waals surface area contributed by atoms with Crippen LogP contribution in [0.1, 0.15) is 74.5 Å². The zero-order chi connectivity index (χ0) is 13.7. The molecule has 19 heavy (non-hydrogen) atoms. The average molecular weight is 280 g/mol. The number of hydrogen-bond acceptors (Lipinski definition) is 3. The summed E-state index contributed by atoms with van der Waals surface area (Å²) in [5, 5.41) is 5.10. The summed E-state index contributed by atoms with van der Waals surface area (Å²) in [5.41, 5.74) is 1.40. The first-order valence-corrected chi connectivity index (χ1v) is 8.83. The summed E-state index contributed by atoms with van der Waals surface area (Å²) < 4.78 is 0. The van der Waals surface area contributed by atoms with Gasteiger partial charge in [-0.05, 0) is 44.6 Å². The van der Waals surface area contributed by atoms with Crippen LogP contribution in [0.4, 0.5) is 0 Å². The molecule has 108 valence electrons. The molecule has 0 aromatic carbocycles. The fourth-order valence-corrected chi connectivity index (χ4v) is 4.34. The van der Waals surface area contributed by atoms with Crippen molar-refractivity contribution in [1.82, 2.24) is 10.3 Å². The third-order valence-corrected chi connectivity index (χ3v) is 5.50. The van der Waals surface area contributed by atoms with Crippen LogP contribution in [0.15, 0.2) is 0 Å². The number of fused-ring (bicyclic) bond motifs is 1. The predicted molar refractivity (Wildman–Crippen MR) is 83.9 cm³/mol. The van der Waals surface area contributed by atoms with E-state index >= 15 is 0 Å². The van der Waals surface area contributed by atoms with Crippen LogP contribution in [0.3, 0.4) is 0 Å². The van der Waals surface area contributed by atoms with Crippen molar-refractivity contribution < 1.29 is 0 Å². The van der Waals surface area contributed by atoms with Crippen molar-refractivity contribution in [1.29, 1.82) is 0 Å². The lowest BCUT2D eigenvalue weighted by Crippen LogP contribution is -2.28. The molecule has 0 bridgehead atoms. The van der Waals surface area contributed by atoms with Gasteiger partial charge in [0, 0.05) is 4.88 Å². The maximum Gasteiger partial charge on any atom is 0.110 e. The van der Waals surface area contributed by atoms with Crippen molar-refractivity contribution in [3.05, 3.63) is 15.6 Å². The summed E-state index contributed by atoms with van der Waals surface area (Å²) in [7, 11) is 0. The van der Waals surface area contributed by atoms with Crippen LogP contribution in [-0.4, -0.2) is 11.5 Å². The van der Waals surface area contributed by atoms with Gasteiger partial charge in [-0.15, -0.1) is 11.3 Å². The van der Waals surface area contributed by atoms with Crippen molar-refractivity contribution in [2.24, 2.45) is 5.92 Å². The third kappa shape index (κ3) is 3.57. The molecule has 1 heterocycles. The smallest absolute Gasteiger partial charge is 0.110 e. The van der Waals surface area contributed by atoms with Crippen molar-refractivity contribution >= 4 is 11.3 Å². The van der Waals surface area contributed by atoms with E-state index in [1.54, 1.807) is 4.88 Å². The van der Waals surface area contributed by atoms with Crippen LogP contribution < -0.4 is 5.32 Å². The normalized spacial score (nSPS) is 16.6. The third-order valence-electron chi connectivity index (χ3n) is 4.26. The van der Waals surface area contributed by atoms with Crippen LogP contribution in [0, 0.1) is 5.92 Å². The Morgan fingerprint density at radius 1 is 1.16 bits per heavy atom. The van der Waals surface area contributed by atoms with E-state index in [2.05, 4.69) is 26.1 Å². The lowest BCUT2D eigenvalue weighted by molar-refractivity contribution is 0.340. The van der Waals surface area contributed by atoms with Gasteiger partial charge in [0.15, 0.2) is 0 Å². The molecule has 1 N–H and O–H groups in total. The van der Waals surface area contributed by atoms with Crippen molar-refractivity contribution in [2.45, 2.75) is 71.8 Å². The highest BCUT2D eigenvalue weighted by Crippen LogP contribution is 2.34. The minimum atomic E-state index is 0.477. The highest BCUT2D eigenvalue weighted by molar-refractivity contribution is 7.11. The Hall–Kier alpha value is -0.410. The second-order valence-electron chi connectivity index (χ2n) is 5.64. The van der Waals surface area contributed by atoms with E-state index < -0.39 is 0 Å². The van der Waals surface area contributed by atoms with Gasteiger partial charge < -0.3 is 5.32 Å². The highest BCUT2D eigenvalue weighted by Gasteiger charge is 2.25. The van der Waals surface area contributed by atoms with Gasteiger partial charge in [-0.1, -0.05) is 33.6 Å². The summed E-state index contributed by atoms with van der Waals surface area (Å²) in [6, 6.07) is 0.477. The minimum Gasteiger partial charge on any atom is -0.308 e. The first-order chi connectivity index (χ1) is 9.30. The van der Waals surface area contributed by atoms with Crippen LogP contribution in [0.5, 0.6) is 0 Å². The van der Waals surface area contributed by atoms with Gasteiger partial charge in [0.25, 0.3) is 0 Å². The molecular formula is C16H28N2S. The molecule has 3 heteroatoms. The monoisotopic (exact) mass is 280 g/mol. The number of rotatable bonds is 7. The van der Waals surface area contributed by atoms with Crippen LogP contribution in [-0.2, 0) is 12.8 Å². The summed E-state index contributed by atoms with van der Waals surface area (Å²) in [4.78, 5) is 6.54. The van der Waals surface area contributed by atoms with E-state index in [9.17, 15) is 0 Å². The molecule has 1 unspecified atom stereocenters. The molecule has 0 aliphatic heterocycles. The minimum absolute atomic E-state index is 0.477. The quantitative estimate of drug-likeness (QED) is 0.795. The van der Waals surface area contributed by atoms with E-state index in [1.165, 1.54) is 55.6 Å². The van der Waals surface area contributed by atoms with Crippen LogP contribution >= 0.6 is 11.3 Å². The van der Waals surface area contributed by atoms with Gasteiger partial charge in [-0.3, -0.25) is 0 Å². The number of nitrogens with one attached hydrogen (secondary N) is 1. The Morgan fingerprint density at radius 3 is 2.53 bits per heavy atom. The second kappa shape index (κ2) is 7.39. The number of nitrogens with zero attached hydrogens (tertiary/aromatic N) is 1. The number of hydrogen-bond donors (Lipinski definition) is 1. The summed E-state index contributed by atoms with van der Waals surface area (Å²) in [5.74, 6) is 0.721. The lowest BCUT2D eigenvalue weighted by atomic mass is 9.94. The van der Waals surface area contributed by atoms with E-state index in [0.717, 1.165) is 12.5 Å². The van der Waals surface area contributed by atoms with Gasteiger partial charge in [-0.25, -0.2) is 4.98 Å². The van der Waals surface area contributed by atoms with Crippen LogP contribution in [0.2, 0.25) is 0 Å². The summed E-state index contributed by atoms with van der Waals surface area (Å²) in [6.45, 7) is 7.96. The predicted octanol–water partition coefficient (Wildman–Crippen LogP) is 4.50. The van der Waals surface area contributed by atoms with E-state index in [0.29, 0.717) is 6.04 Å². The topological polar surface area (TPSA) is 24.9 Å². The molecule has 2 rings (SSSR count). The Kier molecular flexibility index (Phi) is 5.83. The molecule has 1 atom stereocenters. The fraction of sp³-hybridized carbons (Fsp3) is 0.812. The van der Waals surface area contributed by atoms with E-state index in [4.69, 9.17) is 4.98 Å². The molecule has 1 aliphatic carbocycles. The summed E-state index contributed by atoms with van der Waals surface area (Å²) in [6.07, 6.45) is 8.82. The first kappa shape index (κ1) is 15.0. The van der Waals surface area contributed by atoms with Crippen molar-refractivity contribution in [2.75, 3.05) is 6.54 Å². The van der Waals surface area contributed by atoms with Crippen molar-refractivity contribution in [3.8, 4) is 0 Å². The zero-order valence-corrected chi connectivity index (χ0v) is 13.5. The van der Waals surface area contributed by atoms with Gasteiger partial charge in [0.1, 0.15) is 5.01 Å². The largest absolute Gasteiger partial charge is 0.308 e. The number of aryl methyl sites for hydroxylation is 2. The molecule has 0 saturated heterocycles. The van der Waals surface area contributed by atoms with Crippen molar-refractivity contribution in [3.63, 3.8) is 0 Å². The maximum atomic E-state index is 4.98. The Bertz CT molecular complexity index is 359. The molecular weight excluding hydrogens is 252 g/mol. The molecule has 0 saturated carbocycles. The van der Waals surface area contributed by atoms with E-state index in [1.807, 2.05) is 11.3 Å². The second-order valence-corrected chi connectivity index (χ2v) is 6.75. The van der Waals surface area contributed by atoms with Crippen LogP contribution in [0.25, 0.3) is 0 Å². The lowest BCUT2D eigenvalue weighted by Gasteiger charge is -2.24. The van der Waals surface area contributed by atoms with Gasteiger partial charge in [0.05, 0.1) is 11.7 Å². The average Bonchev–Trinajstić information content (AvgIpc) is 2.87. The number of thiazole rings is 1. The Morgan fingerprint density at radius 2 is 1.89 bits per heavy atom. The standard InChI is InChI=1S/C16H28N2S/c1-4-11-17-15(12(5-2)6-3)16-18-13-9-7-8-10-14(13)19-16/h12,15,17H,4-11H2,1-3H3. The fourth-order valence-electron chi connectivity index (χ4n) is 3.02. The first-order valence-electron chi connectivity index (χ1n) is 8.01. The number of aromatic nitrogens is 1. The molecule has 1 aromatic heterocycles. The zero-order valence-electron chi connectivity index (χ0n) is 12.7. The molecule has 2 nitrogen and oxygen atoms in total. The molecule has 0 amide bonds. The maximum absolute atomic E-state index is 4.98. The molecule has 0 fully saturated rings. The van der Waals surface area contributed by atoms with Gasteiger partial charge >= 0.3 is 0 Å². The Labute approximate surface area is 122 Å². The molecule has 0 spiro atoms. The molecule has 0 radical (unpaired) electrons. The molecule has 1 aliphatic rings. The molecule has 1 aromatic rings. The SMILES string of the molecule is CCCNC(c1nc2c(s1)CCCC2)C(CC)CC. The summed E-state index contributed by atoms with van der Waals surface area (Å²) >= 11 is 1.98. The highest BCUT2D eigenvalue weighted by atomic mass is 32.1. The van der Waals surface area contributed by atoms with E-state index in [-0.39, 0.29) is 0 Å². The van der Waals surface area contributed by atoms with Gasteiger partial charge in [-0.2, -0.15) is 0 Å². The Balaban J connectivity index is 2.18. The van der Waals surface area contributed by atoms with Gasteiger partial charge in [0.2, 0.25) is 0 Å².